The number of hydrogen-bond acceptors (Lipinski definition) is 7. The van der Waals surface area contributed by atoms with Gasteiger partial charge in [0, 0.05) is 61.3 Å². The van der Waals surface area contributed by atoms with Crippen LogP contribution in [-0.2, 0) is 11.3 Å². The number of benzene rings is 2. The van der Waals surface area contributed by atoms with Crippen molar-refractivity contribution in [2.45, 2.75) is 37.1 Å². The molecule has 34 heavy (non-hydrogen) atoms. The Morgan fingerprint density at radius 2 is 1.94 bits per heavy atom. The molecular weight excluding hydrogens is 426 g/mol. The van der Waals surface area contributed by atoms with Crippen molar-refractivity contribution in [1.29, 1.82) is 0 Å². The van der Waals surface area contributed by atoms with Crippen LogP contribution in [-0.4, -0.2) is 49.3 Å². The average Bonchev–Trinajstić information content (AvgIpc) is 3.44. The van der Waals surface area contributed by atoms with Crippen LogP contribution in [0.4, 0.5) is 11.4 Å². The summed E-state index contributed by atoms with van der Waals surface area (Å²) in [5, 5.41) is 15.0. The van der Waals surface area contributed by atoms with Crippen molar-refractivity contribution in [2.24, 2.45) is 0 Å². The van der Waals surface area contributed by atoms with E-state index in [1.54, 1.807) is 6.08 Å². The van der Waals surface area contributed by atoms with Crippen molar-refractivity contribution in [1.82, 2.24) is 15.8 Å². The van der Waals surface area contributed by atoms with Gasteiger partial charge < -0.3 is 30.4 Å². The first kappa shape index (κ1) is 22.8. The van der Waals surface area contributed by atoms with Crippen LogP contribution in [0.1, 0.15) is 30.9 Å². The Morgan fingerprint density at radius 1 is 1.18 bits per heavy atom. The maximum absolute atomic E-state index is 11.3. The number of hydrogen-bond donors (Lipinski definition) is 4. The molecule has 3 atom stereocenters. The van der Waals surface area contributed by atoms with Gasteiger partial charge in [-0.25, -0.2) is 5.43 Å². The second-order valence-corrected chi connectivity index (χ2v) is 9.49. The van der Waals surface area contributed by atoms with Gasteiger partial charge in [-0.1, -0.05) is 25.1 Å². The minimum atomic E-state index is -1.00. The monoisotopic (exact) mass is 461 g/mol. The fourth-order valence-electron chi connectivity index (χ4n) is 5.18. The number of aliphatic hydroxyl groups is 1. The van der Waals surface area contributed by atoms with E-state index in [4.69, 9.17) is 4.74 Å². The van der Waals surface area contributed by atoms with E-state index in [0.29, 0.717) is 12.8 Å². The molecule has 0 saturated carbocycles. The zero-order valence-corrected chi connectivity index (χ0v) is 20.1. The molecule has 2 aromatic rings. The van der Waals surface area contributed by atoms with Crippen LogP contribution in [0.15, 0.2) is 67.4 Å². The van der Waals surface area contributed by atoms with E-state index >= 15 is 0 Å². The predicted molar refractivity (Wildman–Crippen MR) is 137 cm³/mol. The van der Waals surface area contributed by atoms with Gasteiger partial charge in [0.2, 0.25) is 0 Å². The average molecular weight is 462 g/mol. The minimum Gasteiger partial charge on any atom is -0.486 e. The quantitative estimate of drug-likeness (QED) is 0.472. The molecule has 0 radical (unpaired) electrons. The third-order valence-corrected chi connectivity index (χ3v) is 7.39. The Balaban J connectivity index is 1.39. The number of nitrogens with zero attached hydrogens (tertiary/aromatic N) is 2. The topological polar surface area (TPSA) is 72.0 Å². The molecule has 4 N–H and O–H groups in total. The van der Waals surface area contributed by atoms with E-state index in [-0.39, 0.29) is 6.10 Å². The molecule has 1 fully saturated rings. The molecular formula is C27H35N5O2. The van der Waals surface area contributed by atoms with Crippen LogP contribution >= 0.6 is 0 Å². The van der Waals surface area contributed by atoms with E-state index in [1.165, 1.54) is 5.69 Å². The standard InChI is InChI=1S/C27H35N5O2/c1-4-6-25-26(33,5-2)23-12-7-20(19-24(23)34-25)27(13-14-28-30-27)29-21-8-10-22(11-9-21)32-17-15-31(3)16-18-32/h4,7-14,19,25,28-30,33H,1,5-6,15-18H2,2-3H3. The Bertz CT molecular complexity index is 1060. The van der Waals surface area contributed by atoms with Crippen LogP contribution in [0.25, 0.3) is 0 Å². The molecule has 3 unspecified atom stereocenters. The Hall–Kier alpha value is -3.00. The highest BCUT2D eigenvalue weighted by molar-refractivity contribution is 5.59. The van der Waals surface area contributed by atoms with Crippen molar-refractivity contribution >= 4 is 11.4 Å². The van der Waals surface area contributed by atoms with Crippen LogP contribution in [0.3, 0.4) is 0 Å². The summed E-state index contributed by atoms with van der Waals surface area (Å²) in [6.07, 6.45) is 6.61. The lowest BCUT2D eigenvalue weighted by Gasteiger charge is -2.34. The van der Waals surface area contributed by atoms with Gasteiger partial charge in [-0.2, -0.15) is 0 Å². The van der Waals surface area contributed by atoms with Gasteiger partial charge >= 0.3 is 0 Å². The second kappa shape index (κ2) is 8.98. The molecule has 5 rings (SSSR count). The fraction of sp³-hybridized carbons (Fsp3) is 0.407. The zero-order chi connectivity index (χ0) is 23.8. The van der Waals surface area contributed by atoms with Crippen LogP contribution in [0.2, 0.25) is 0 Å². The predicted octanol–water partition coefficient (Wildman–Crippen LogP) is 3.26. The Kier molecular flexibility index (Phi) is 6.02. The lowest BCUT2D eigenvalue weighted by atomic mass is 9.85. The highest BCUT2D eigenvalue weighted by Gasteiger charge is 2.46. The van der Waals surface area contributed by atoms with Crippen molar-refractivity contribution in [3.05, 3.63) is 78.5 Å². The van der Waals surface area contributed by atoms with E-state index in [1.807, 2.05) is 25.3 Å². The first-order valence-electron chi connectivity index (χ1n) is 12.1. The molecule has 7 nitrogen and oxygen atoms in total. The lowest BCUT2D eigenvalue weighted by Crippen LogP contribution is -2.48. The molecule has 1 saturated heterocycles. The lowest BCUT2D eigenvalue weighted by molar-refractivity contribution is -0.0414. The summed E-state index contributed by atoms with van der Waals surface area (Å²) in [6.45, 7) is 10.1. The Labute approximate surface area is 202 Å². The van der Waals surface area contributed by atoms with Crippen molar-refractivity contribution in [2.75, 3.05) is 43.4 Å². The Morgan fingerprint density at radius 3 is 2.59 bits per heavy atom. The first-order valence-corrected chi connectivity index (χ1v) is 12.1. The largest absolute Gasteiger partial charge is 0.486 e. The summed E-state index contributed by atoms with van der Waals surface area (Å²) in [6, 6.07) is 14.7. The number of likely N-dealkylation sites (N-methyl/N-ethyl adjacent to an activating group) is 1. The number of fused-ring (bicyclic) bond motifs is 1. The summed E-state index contributed by atoms with van der Waals surface area (Å²) in [7, 11) is 2.17. The molecule has 3 aliphatic rings. The first-order chi connectivity index (χ1) is 16.5. The minimum absolute atomic E-state index is 0.323. The summed E-state index contributed by atoms with van der Waals surface area (Å²) < 4.78 is 6.21. The number of anilines is 2. The van der Waals surface area contributed by atoms with Crippen LogP contribution < -0.4 is 25.8 Å². The van der Waals surface area contributed by atoms with Gasteiger partial charge in [0.1, 0.15) is 17.5 Å². The fourth-order valence-corrected chi connectivity index (χ4v) is 5.18. The number of nitrogens with one attached hydrogen (secondary N) is 3. The number of ether oxygens (including phenoxy) is 1. The third kappa shape index (κ3) is 3.94. The molecule has 0 spiro atoms. The summed E-state index contributed by atoms with van der Waals surface area (Å²) in [5.41, 5.74) is 8.92. The van der Waals surface area contributed by atoms with E-state index in [2.05, 4.69) is 76.0 Å². The van der Waals surface area contributed by atoms with Crippen LogP contribution in [0, 0.1) is 0 Å². The van der Waals surface area contributed by atoms with Gasteiger partial charge in [-0.15, -0.1) is 6.58 Å². The summed E-state index contributed by atoms with van der Waals surface area (Å²) >= 11 is 0. The maximum atomic E-state index is 11.3. The number of piperazine rings is 1. The van der Waals surface area contributed by atoms with Crippen molar-refractivity contribution in [3.8, 4) is 5.75 Å². The molecule has 0 aliphatic carbocycles. The van der Waals surface area contributed by atoms with Gasteiger partial charge in [0.05, 0.1) is 0 Å². The maximum Gasteiger partial charge on any atom is 0.152 e. The van der Waals surface area contributed by atoms with Gasteiger partial charge in [-0.3, -0.25) is 0 Å². The molecule has 2 aromatic carbocycles. The molecule has 3 aliphatic heterocycles. The second-order valence-electron chi connectivity index (χ2n) is 9.49. The van der Waals surface area contributed by atoms with Gasteiger partial charge in [0.25, 0.3) is 0 Å². The molecule has 7 heteroatoms. The normalized spacial score (nSPS) is 28.3. The molecule has 0 aromatic heterocycles. The van der Waals surface area contributed by atoms with E-state index < -0.39 is 11.3 Å². The molecule has 0 amide bonds. The molecule has 0 bridgehead atoms. The highest BCUT2D eigenvalue weighted by atomic mass is 16.5. The summed E-state index contributed by atoms with van der Waals surface area (Å²) in [4.78, 5) is 4.80. The number of hydrazine groups is 1. The summed E-state index contributed by atoms with van der Waals surface area (Å²) in [5.74, 6) is 0.724. The van der Waals surface area contributed by atoms with Crippen molar-refractivity contribution in [3.63, 3.8) is 0 Å². The smallest absolute Gasteiger partial charge is 0.152 e. The van der Waals surface area contributed by atoms with E-state index in [9.17, 15) is 5.11 Å². The van der Waals surface area contributed by atoms with E-state index in [0.717, 1.165) is 48.7 Å². The van der Waals surface area contributed by atoms with Gasteiger partial charge in [0.15, 0.2) is 5.66 Å². The highest BCUT2D eigenvalue weighted by Crippen LogP contribution is 2.46. The third-order valence-electron chi connectivity index (χ3n) is 7.39. The van der Waals surface area contributed by atoms with Crippen LogP contribution in [0.5, 0.6) is 5.75 Å². The SMILES string of the molecule is C=CCC1Oc2cc(C3(Nc4ccc(N5CCN(C)CC5)cc4)C=CNN3)ccc2C1(O)CC. The number of rotatable bonds is 7. The van der Waals surface area contributed by atoms with Crippen molar-refractivity contribution < 1.29 is 9.84 Å². The molecule has 180 valence electrons. The van der Waals surface area contributed by atoms with Gasteiger partial charge in [-0.05, 0) is 49.9 Å². The molecule has 3 heterocycles. The zero-order valence-electron chi connectivity index (χ0n) is 20.1.